The van der Waals surface area contributed by atoms with E-state index in [1.807, 2.05) is 32.3 Å². The number of carbonyl (C=O) groups is 1. The van der Waals surface area contributed by atoms with Gasteiger partial charge in [-0.2, -0.15) is 5.10 Å². The number of rotatable bonds is 6. The molecule has 0 unspecified atom stereocenters. The quantitative estimate of drug-likeness (QED) is 0.637. The van der Waals surface area contributed by atoms with Crippen molar-refractivity contribution in [2.75, 3.05) is 43.0 Å². The van der Waals surface area contributed by atoms with Gasteiger partial charge in [0.2, 0.25) is 0 Å². The average Bonchev–Trinajstić information content (AvgIpc) is 3.54. The fourth-order valence-corrected chi connectivity index (χ4v) is 4.69. The first-order valence-electron chi connectivity index (χ1n) is 11.3. The number of ether oxygens (including phenoxy) is 1. The van der Waals surface area contributed by atoms with E-state index in [0.717, 1.165) is 36.2 Å². The molecule has 1 N–H and O–H groups in total. The second kappa shape index (κ2) is 8.74. The maximum absolute atomic E-state index is 12.9. The van der Waals surface area contributed by atoms with Crippen LogP contribution in [-0.2, 0) is 7.05 Å². The molecule has 2 aromatic heterocycles. The van der Waals surface area contributed by atoms with Gasteiger partial charge in [0.05, 0.1) is 30.2 Å². The topological polar surface area (TPSA) is 88.4 Å². The van der Waals surface area contributed by atoms with E-state index in [4.69, 9.17) is 4.74 Å². The van der Waals surface area contributed by atoms with Crippen LogP contribution < -0.4 is 15.0 Å². The molecule has 0 radical (unpaired) electrons. The molecule has 9 heteroatoms. The number of hydrogen-bond acceptors (Lipinski definition) is 7. The molecule has 2 saturated heterocycles. The molecule has 3 aromatic rings. The number of aryl methyl sites for hydroxylation is 1. The van der Waals surface area contributed by atoms with E-state index in [-0.39, 0.29) is 11.6 Å². The molecule has 9 nitrogen and oxygen atoms in total. The van der Waals surface area contributed by atoms with Crippen molar-refractivity contribution >= 4 is 28.3 Å². The smallest absolute Gasteiger partial charge is 0.275 e. The fraction of sp³-hybridized carbons (Fsp3) is 0.478. The summed E-state index contributed by atoms with van der Waals surface area (Å²) in [4.78, 5) is 26.6. The summed E-state index contributed by atoms with van der Waals surface area (Å²) in [7, 11) is 1.86. The summed E-state index contributed by atoms with van der Waals surface area (Å²) in [5.74, 6) is 1.10. The summed E-state index contributed by atoms with van der Waals surface area (Å²) in [5, 5.41) is 8.25. The summed E-state index contributed by atoms with van der Waals surface area (Å²) in [5.41, 5.74) is 1.69. The molecule has 0 saturated carbocycles. The highest BCUT2D eigenvalue weighted by molar-refractivity contribution is 6.04. The van der Waals surface area contributed by atoms with Gasteiger partial charge in [-0.1, -0.05) is 0 Å². The van der Waals surface area contributed by atoms with E-state index < -0.39 is 0 Å². The Labute approximate surface area is 187 Å². The molecule has 4 heterocycles. The van der Waals surface area contributed by atoms with Crippen LogP contribution in [0.25, 0.3) is 10.9 Å². The van der Waals surface area contributed by atoms with Gasteiger partial charge in [-0.05, 0) is 45.3 Å². The van der Waals surface area contributed by atoms with E-state index in [1.54, 1.807) is 17.1 Å². The molecule has 2 aliphatic heterocycles. The average molecular weight is 436 g/mol. The van der Waals surface area contributed by atoms with Crippen LogP contribution in [0, 0.1) is 0 Å². The second-order valence-electron chi connectivity index (χ2n) is 8.49. The Balaban J connectivity index is 1.28. The van der Waals surface area contributed by atoms with Crippen molar-refractivity contribution in [1.82, 2.24) is 24.6 Å². The third kappa shape index (κ3) is 4.12. The minimum Gasteiger partial charge on any atom is -0.492 e. The first kappa shape index (κ1) is 20.7. The lowest BCUT2D eigenvalue weighted by Gasteiger charge is -2.23. The highest BCUT2D eigenvalue weighted by Crippen LogP contribution is 2.30. The van der Waals surface area contributed by atoms with E-state index in [0.29, 0.717) is 24.1 Å². The first-order chi connectivity index (χ1) is 15.6. The molecule has 1 atom stereocenters. The molecule has 168 valence electrons. The van der Waals surface area contributed by atoms with Crippen molar-refractivity contribution in [3.63, 3.8) is 0 Å². The standard InChI is InChI=1S/C23H29N7O2/c1-3-32-21-11-18-16(14-28(2)27-18)10-19(21)26-23(31)20-12-25-22(13-24-20)30-9-6-17(15-30)29-7-4-5-8-29/h10-14,17H,3-9,15H2,1-2H3,(H,26,31)/t17-/m0/s1. The molecule has 0 bridgehead atoms. The van der Waals surface area contributed by atoms with E-state index >= 15 is 0 Å². The molecular formula is C23H29N7O2. The van der Waals surface area contributed by atoms with Crippen LogP contribution >= 0.6 is 0 Å². The van der Waals surface area contributed by atoms with Crippen molar-refractivity contribution in [3.05, 3.63) is 36.4 Å². The minimum absolute atomic E-state index is 0.276. The minimum atomic E-state index is -0.315. The van der Waals surface area contributed by atoms with E-state index in [9.17, 15) is 4.79 Å². The summed E-state index contributed by atoms with van der Waals surface area (Å²) in [6, 6.07) is 4.31. The van der Waals surface area contributed by atoms with Gasteiger partial charge in [0.1, 0.15) is 17.3 Å². The van der Waals surface area contributed by atoms with Crippen molar-refractivity contribution < 1.29 is 9.53 Å². The summed E-state index contributed by atoms with van der Waals surface area (Å²) in [6.45, 7) is 6.76. The van der Waals surface area contributed by atoms with Gasteiger partial charge >= 0.3 is 0 Å². The SMILES string of the molecule is CCOc1cc2nn(C)cc2cc1NC(=O)c1cnc(N2CC[C@H](N3CCCC3)C2)cn1. The number of aromatic nitrogens is 4. The Hall–Kier alpha value is -3.20. The molecule has 0 aliphatic carbocycles. The Morgan fingerprint density at radius 1 is 1.19 bits per heavy atom. The molecule has 5 rings (SSSR count). The summed E-state index contributed by atoms with van der Waals surface area (Å²) < 4.78 is 7.46. The zero-order chi connectivity index (χ0) is 22.1. The highest BCUT2D eigenvalue weighted by Gasteiger charge is 2.30. The van der Waals surface area contributed by atoms with Gasteiger partial charge in [0, 0.05) is 43.8 Å². The predicted octanol–water partition coefficient (Wildman–Crippen LogP) is 2.69. The second-order valence-corrected chi connectivity index (χ2v) is 8.49. The molecule has 2 fully saturated rings. The third-order valence-corrected chi connectivity index (χ3v) is 6.28. The van der Waals surface area contributed by atoms with Crippen LogP contribution in [0.2, 0.25) is 0 Å². The van der Waals surface area contributed by atoms with Gasteiger partial charge in [-0.15, -0.1) is 0 Å². The molecule has 1 amide bonds. The van der Waals surface area contributed by atoms with Gasteiger partial charge < -0.3 is 15.0 Å². The van der Waals surface area contributed by atoms with Crippen LogP contribution in [0.1, 0.15) is 36.7 Å². The lowest BCUT2D eigenvalue weighted by atomic mass is 10.2. The Kier molecular flexibility index (Phi) is 5.65. The molecular weight excluding hydrogens is 406 g/mol. The van der Waals surface area contributed by atoms with Crippen LogP contribution in [-0.4, -0.2) is 69.4 Å². The number of amides is 1. The Morgan fingerprint density at radius 2 is 2.03 bits per heavy atom. The lowest BCUT2D eigenvalue weighted by molar-refractivity contribution is 0.102. The van der Waals surface area contributed by atoms with E-state index in [1.165, 1.54) is 25.9 Å². The zero-order valence-electron chi connectivity index (χ0n) is 18.6. The largest absolute Gasteiger partial charge is 0.492 e. The van der Waals surface area contributed by atoms with Gasteiger partial charge in [-0.3, -0.25) is 14.4 Å². The summed E-state index contributed by atoms with van der Waals surface area (Å²) in [6.07, 6.45) is 8.92. The molecule has 2 aliphatic rings. The fourth-order valence-electron chi connectivity index (χ4n) is 4.69. The van der Waals surface area contributed by atoms with Crippen molar-refractivity contribution in [1.29, 1.82) is 0 Å². The van der Waals surface area contributed by atoms with Crippen LogP contribution in [0.15, 0.2) is 30.7 Å². The third-order valence-electron chi connectivity index (χ3n) is 6.28. The number of fused-ring (bicyclic) bond motifs is 1. The van der Waals surface area contributed by atoms with Crippen molar-refractivity contribution in [3.8, 4) is 5.75 Å². The number of benzene rings is 1. The summed E-state index contributed by atoms with van der Waals surface area (Å²) >= 11 is 0. The van der Waals surface area contributed by atoms with Crippen LogP contribution in [0.3, 0.4) is 0 Å². The molecule has 1 aromatic carbocycles. The van der Waals surface area contributed by atoms with Crippen LogP contribution in [0.4, 0.5) is 11.5 Å². The number of anilines is 2. The van der Waals surface area contributed by atoms with Gasteiger partial charge in [0.15, 0.2) is 0 Å². The monoisotopic (exact) mass is 435 g/mol. The Morgan fingerprint density at radius 3 is 2.78 bits per heavy atom. The Bertz CT molecular complexity index is 1110. The molecule has 0 spiro atoms. The van der Waals surface area contributed by atoms with Crippen molar-refractivity contribution in [2.45, 2.75) is 32.2 Å². The normalized spacial score (nSPS) is 19.1. The number of hydrogen-bond donors (Lipinski definition) is 1. The molecule has 32 heavy (non-hydrogen) atoms. The first-order valence-corrected chi connectivity index (χ1v) is 11.3. The van der Waals surface area contributed by atoms with E-state index in [2.05, 4.69) is 30.2 Å². The predicted molar refractivity (Wildman–Crippen MR) is 123 cm³/mol. The number of nitrogens with zero attached hydrogens (tertiary/aromatic N) is 6. The number of carbonyl (C=O) groups excluding carboxylic acids is 1. The number of likely N-dealkylation sites (tertiary alicyclic amines) is 1. The zero-order valence-corrected chi connectivity index (χ0v) is 18.6. The van der Waals surface area contributed by atoms with Gasteiger partial charge in [-0.25, -0.2) is 9.97 Å². The number of nitrogens with one attached hydrogen (secondary N) is 1. The maximum atomic E-state index is 12.9. The van der Waals surface area contributed by atoms with Crippen molar-refractivity contribution in [2.24, 2.45) is 7.05 Å². The maximum Gasteiger partial charge on any atom is 0.275 e. The highest BCUT2D eigenvalue weighted by atomic mass is 16.5. The lowest BCUT2D eigenvalue weighted by Crippen LogP contribution is -2.35. The van der Waals surface area contributed by atoms with Gasteiger partial charge in [0.25, 0.3) is 5.91 Å². The van der Waals surface area contributed by atoms with Crippen LogP contribution in [0.5, 0.6) is 5.75 Å².